The van der Waals surface area contributed by atoms with Gasteiger partial charge in [-0.3, -0.25) is 15.0 Å². The maximum Gasteiger partial charge on any atom is 0.158 e. The van der Waals surface area contributed by atoms with Crippen molar-refractivity contribution in [2.24, 2.45) is 0 Å². The fourth-order valence-electron chi connectivity index (χ4n) is 9.49. The molecule has 0 N–H and O–H groups in total. The second kappa shape index (κ2) is 16.7. The summed E-state index contributed by atoms with van der Waals surface area (Å²) in [6, 6.07) is 52.9. The second-order valence-corrected chi connectivity index (χ2v) is 16.5. The van der Waals surface area contributed by atoms with Crippen LogP contribution in [0.4, 0.5) is 51.2 Å². The Morgan fingerprint density at radius 3 is 0.708 bits per heavy atom. The predicted molar refractivity (Wildman–Crippen MR) is 268 cm³/mol. The Morgan fingerprint density at radius 2 is 0.514 bits per heavy atom. The van der Waals surface area contributed by atoms with E-state index in [2.05, 4.69) is 47.9 Å². The lowest BCUT2D eigenvalue weighted by Crippen LogP contribution is -2.25. The Balaban J connectivity index is 1.35. The highest BCUT2D eigenvalue weighted by Gasteiger charge is 2.43. The minimum Gasteiger partial charge on any atom is -0.453 e. The molecule has 10 aromatic rings. The van der Waals surface area contributed by atoms with Crippen molar-refractivity contribution in [3.05, 3.63) is 200 Å². The van der Waals surface area contributed by atoms with Crippen molar-refractivity contribution >= 4 is 51.2 Å². The van der Waals surface area contributed by atoms with Crippen molar-refractivity contribution in [3.8, 4) is 86.5 Å². The predicted octanol–water partition coefficient (Wildman–Crippen LogP) is 13.4. The SMILES string of the molecule is N#Cc1cnc(-c2c(N3c4ccccc4Oc4ccccc43)c(-c3cnc(C#N)cn3)c(N3c4ccccc4Oc4ccccc43)c(-c3cnc(C#N)cn3)c2N2c3ccccc3Oc3ccccc32)cn1. The van der Waals surface area contributed by atoms with Crippen LogP contribution in [0.25, 0.3) is 33.8 Å². The normalized spacial score (nSPS) is 12.4. The maximum atomic E-state index is 10.2. The van der Waals surface area contributed by atoms with Gasteiger partial charge in [0.25, 0.3) is 0 Å². The van der Waals surface area contributed by atoms with Gasteiger partial charge in [-0.2, -0.15) is 15.8 Å². The molecule has 15 nitrogen and oxygen atoms in total. The van der Waals surface area contributed by atoms with E-state index in [-0.39, 0.29) is 17.1 Å². The molecule has 336 valence electrons. The third kappa shape index (κ3) is 6.49. The van der Waals surface area contributed by atoms with Crippen molar-refractivity contribution < 1.29 is 14.2 Å². The summed E-state index contributed by atoms with van der Waals surface area (Å²) in [7, 11) is 0. The first-order valence-electron chi connectivity index (χ1n) is 22.5. The summed E-state index contributed by atoms with van der Waals surface area (Å²) in [5.74, 6) is 3.33. The van der Waals surface area contributed by atoms with E-state index in [0.29, 0.717) is 119 Å². The molecule has 6 heterocycles. The highest BCUT2D eigenvalue weighted by molar-refractivity contribution is 6.18. The molecule has 0 amide bonds. The van der Waals surface area contributed by atoms with Crippen LogP contribution in [0.15, 0.2) is 183 Å². The number of anilines is 9. The molecule has 0 saturated heterocycles. The molecule has 3 aliphatic heterocycles. The van der Waals surface area contributed by atoms with Gasteiger partial charge in [-0.1, -0.05) is 72.8 Å². The van der Waals surface area contributed by atoms with Crippen LogP contribution in [0, 0.1) is 34.0 Å². The molecule has 0 radical (unpaired) electrons. The van der Waals surface area contributed by atoms with Gasteiger partial charge in [0, 0.05) is 0 Å². The number of nitriles is 3. The molecule has 0 aliphatic carbocycles. The zero-order valence-electron chi connectivity index (χ0n) is 37.4. The highest BCUT2D eigenvalue weighted by atomic mass is 16.5. The lowest BCUT2D eigenvalue weighted by Gasteiger charge is -2.42. The topological polar surface area (TPSA) is 186 Å². The van der Waals surface area contributed by atoms with Gasteiger partial charge in [-0.15, -0.1) is 0 Å². The van der Waals surface area contributed by atoms with Crippen LogP contribution in [0.3, 0.4) is 0 Å². The van der Waals surface area contributed by atoms with E-state index in [0.717, 1.165) is 0 Å². The van der Waals surface area contributed by atoms with Gasteiger partial charge in [0.1, 0.15) is 18.2 Å². The smallest absolute Gasteiger partial charge is 0.158 e. The summed E-state index contributed by atoms with van der Waals surface area (Å²) in [6.45, 7) is 0. The van der Waals surface area contributed by atoms with Crippen LogP contribution in [0.5, 0.6) is 34.5 Å². The Labute approximate surface area is 410 Å². The first-order valence-corrected chi connectivity index (χ1v) is 22.5. The number of hydrogen-bond donors (Lipinski definition) is 0. The number of benzene rings is 7. The number of fused-ring (bicyclic) bond motifs is 6. The molecule has 13 rings (SSSR count). The average Bonchev–Trinajstić information content (AvgIpc) is 3.44. The van der Waals surface area contributed by atoms with Crippen molar-refractivity contribution in [2.45, 2.75) is 0 Å². The zero-order chi connectivity index (χ0) is 48.3. The van der Waals surface area contributed by atoms with E-state index in [4.69, 9.17) is 29.2 Å². The monoisotopic (exact) mass is 930 g/mol. The van der Waals surface area contributed by atoms with Crippen LogP contribution < -0.4 is 28.9 Å². The molecule has 0 fully saturated rings. The molecular weight excluding hydrogens is 901 g/mol. The first kappa shape index (κ1) is 41.3. The average molecular weight is 931 g/mol. The minimum absolute atomic E-state index is 0.0977. The number of ether oxygens (including phenoxy) is 3. The van der Waals surface area contributed by atoms with Gasteiger partial charge in [0.05, 0.1) is 122 Å². The third-order valence-corrected chi connectivity index (χ3v) is 12.5. The van der Waals surface area contributed by atoms with Crippen molar-refractivity contribution in [2.75, 3.05) is 14.7 Å². The third-order valence-electron chi connectivity index (χ3n) is 12.5. The molecule has 0 unspecified atom stereocenters. The number of rotatable bonds is 6. The highest BCUT2D eigenvalue weighted by Crippen LogP contribution is 2.66. The van der Waals surface area contributed by atoms with E-state index >= 15 is 0 Å². The number of aromatic nitrogens is 6. The number of hydrogen-bond acceptors (Lipinski definition) is 15. The summed E-state index contributed by atoms with van der Waals surface area (Å²) in [4.78, 5) is 35.7. The molecule has 72 heavy (non-hydrogen) atoms. The van der Waals surface area contributed by atoms with Crippen LogP contribution in [-0.2, 0) is 0 Å². The quantitative estimate of drug-likeness (QED) is 0.153. The van der Waals surface area contributed by atoms with Crippen molar-refractivity contribution in [1.29, 1.82) is 15.8 Å². The Morgan fingerprint density at radius 1 is 0.292 bits per heavy atom. The Hall–Kier alpha value is -11.0. The van der Waals surface area contributed by atoms with Gasteiger partial charge >= 0.3 is 0 Å². The molecule has 0 bridgehead atoms. The van der Waals surface area contributed by atoms with E-state index in [1.54, 1.807) is 18.6 Å². The summed E-state index contributed by atoms with van der Waals surface area (Å²) in [6.07, 6.45) is 9.07. The fourth-order valence-corrected chi connectivity index (χ4v) is 9.49. The molecule has 7 aromatic carbocycles. The van der Waals surface area contributed by atoms with E-state index < -0.39 is 0 Å². The zero-order valence-corrected chi connectivity index (χ0v) is 37.4. The Kier molecular flexibility index (Phi) is 9.56. The lowest BCUT2D eigenvalue weighted by molar-refractivity contribution is 0.477. The molecule has 0 saturated carbocycles. The second-order valence-electron chi connectivity index (χ2n) is 16.5. The van der Waals surface area contributed by atoms with Crippen LogP contribution in [-0.4, -0.2) is 29.9 Å². The largest absolute Gasteiger partial charge is 0.453 e. The van der Waals surface area contributed by atoms with Crippen molar-refractivity contribution in [3.63, 3.8) is 0 Å². The van der Waals surface area contributed by atoms with Crippen LogP contribution in [0.1, 0.15) is 17.1 Å². The van der Waals surface area contributed by atoms with Gasteiger partial charge in [0.2, 0.25) is 0 Å². The summed E-state index contributed by atoms with van der Waals surface area (Å²) in [5.41, 5.74) is 8.36. The van der Waals surface area contributed by atoms with Crippen LogP contribution in [0.2, 0.25) is 0 Å². The van der Waals surface area contributed by atoms with E-state index in [1.165, 1.54) is 18.6 Å². The maximum absolute atomic E-state index is 10.2. The lowest BCUT2D eigenvalue weighted by atomic mass is 9.87. The fraction of sp³-hybridized carbons (Fsp3) is 0. The van der Waals surface area contributed by atoms with E-state index in [9.17, 15) is 15.8 Å². The molecule has 15 heteroatoms. The number of para-hydroxylation sites is 12. The summed E-state index contributed by atoms with van der Waals surface area (Å²) in [5, 5.41) is 30.5. The molecule has 3 aliphatic rings. The van der Waals surface area contributed by atoms with Crippen LogP contribution >= 0.6 is 0 Å². The molecule has 0 atom stereocenters. The Bertz CT molecular complexity index is 3410. The van der Waals surface area contributed by atoms with Gasteiger partial charge in [0.15, 0.2) is 51.6 Å². The van der Waals surface area contributed by atoms with Gasteiger partial charge < -0.3 is 28.9 Å². The van der Waals surface area contributed by atoms with Crippen molar-refractivity contribution in [1.82, 2.24) is 29.9 Å². The standard InChI is InChI=1S/C57H30N12O3/c58-25-34-28-64-37(31-61-34)52-55(67-40-13-1-7-19-46(40)70-47-20-8-2-14-41(47)67)53(38-32-62-35(26-59)29-65-38)57(69-44-17-5-11-23-50(44)72-51-24-12-6-18-45(51)69)54(39-33-63-36(27-60)30-66-39)56(52)68-42-15-3-9-21-48(42)71-49-22-10-4-16-43(49)68/h1-24,28-33H. The van der Waals surface area contributed by atoms with E-state index in [1.807, 2.05) is 146 Å². The first-order chi connectivity index (χ1) is 35.6. The van der Waals surface area contributed by atoms with Gasteiger partial charge in [-0.25, -0.2) is 15.0 Å². The summed E-state index contributed by atoms with van der Waals surface area (Å²) >= 11 is 0. The molecular formula is C57H30N12O3. The minimum atomic E-state index is 0.0977. The molecule has 0 spiro atoms. The summed E-state index contributed by atoms with van der Waals surface area (Å²) < 4.78 is 20.1. The number of nitrogens with zero attached hydrogens (tertiary/aromatic N) is 12. The molecule has 3 aromatic heterocycles. The van der Waals surface area contributed by atoms with Gasteiger partial charge in [-0.05, 0) is 72.8 Å².